The SMILES string of the molecule is CC(C)C(C)C(=O)N(C)c1ccc(CN)cc1. The minimum absolute atomic E-state index is 0.0363. The van der Waals surface area contributed by atoms with Crippen molar-refractivity contribution < 1.29 is 4.79 Å². The predicted octanol–water partition coefficient (Wildman–Crippen LogP) is 2.40. The summed E-state index contributed by atoms with van der Waals surface area (Å²) in [6.07, 6.45) is 0. The van der Waals surface area contributed by atoms with E-state index in [0.29, 0.717) is 12.5 Å². The normalized spacial score (nSPS) is 12.6. The fraction of sp³-hybridized carbons (Fsp3) is 0.500. The Morgan fingerprint density at radius 1 is 1.24 bits per heavy atom. The molecule has 1 atom stereocenters. The van der Waals surface area contributed by atoms with E-state index in [1.807, 2.05) is 38.2 Å². The van der Waals surface area contributed by atoms with Gasteiger partial charge in [-0.1, -0.05) is 32.9 Å². The van der Waals surface area contributed by atoms with Gasteiger partial charge < -0.3 is 10.6 Å². The molecule has 1 aromatic rings. The molecule has 1 rings (SSSR count). The Morgan fingerprint density at radius 3 is 2.18 bits per heavy atom. The van der Waals surface area contributed by atoms with E-state index < -0.39 is 0 Å². The first-order valence-corrected chi connectivity index (χ1v) is 6.04. The zero-order valence-electron chi connectivity index (χ0n) is 11.1. The molecule has 1 unspecified atom stereocenters. The second kappa shape index (κ2) is 5.82. The molecular weight excluding hydrogens is 212 g/mol. The summed E-state index contributed by atoms with van der Waals surface area (Å²) in [6.45, 7) is 6.62. The molecule has 0 saturated heterocycles. The van der Waals surface area contributed by atoms with Gasteiger partial charge in [-0.25, -0.2) is 0 Å². The molecule has 0 radical (unpaired) electrons. The Morgan fingerprint density at radius 2 is 1.76 bits per heavy atom. The zero-order valence-corrected chi connectivity index (χ0v) is 11.1. The third kappa shape index (κ3) is 3.30. The van der Waals surface area contributed by atoms with Gasteiger partial charge in [0.05, 0.1) is 0 Å². The summed E-state index contributed by atoms with van der Waals surface area (Å²) in [7, 11) is 1.82. The smallest absolute Gasteiger partial charge is 0.229 e. The van der Waals surface area contributed by atoms with Gasteiger partial charge in [0.2, 0.25) is 5.91 Å². The zero-order chi connectivity index (χ0) is 13.0. The van der Waals surface area contributed by atoms with Crippen LogP contribution < -0.4 is 10.6 Å². The van der Waals surface area contributed by atoms with Crippen LogP contribution in [-0.4, -0.2) is 13.0 Å². The second-order valence-corrected chi connectivity index (χ2v) is 4.80. The summed E-state index contributed by atoms with van der Waals surface area (Å²) >= 11 is 0. The van der Waals surface area contributed by atoms with E-state index in [2.05, 4.69) is 13.8 Å². The Kier molecular flexibility index (Phi) is 4.70. The molecule has 0 fully saturated rings. The molecule has 0 aromatic heterocycles. The maximum Gasteiger partial charge on any atom is 0.229 e. The summed E-state index contributed by atoms with van der Waals surface area (Å²) in [5.74, 6) is 0.544. The highest BCUT2D eigenvalue weighted by Crippen LogP contribution is 2.19. The van der Waals surface area contributed by atoms with E-state index in [4.69, 9.17) is 5.73 Å². The number of hydrogen-bond acceptors (Lipinski definition) is 2. The monoisotopic (exact) mass is 234 g/mol. The van der Waals surface area contributed by atoms with E-state index in [1.54, 1.807) is 4.90 Å². The number of carbonyl (C=O) groups excluding carboxylic acids is 1. The van der Waals surface area contributed by atoms with Crippen LogP contribution in [0.4, 0.5) is 5.69 Å². The van der Waals surface area contributed by atoms with Crippen LogP contribution in [0.5, 0.6) is 0 Å². The van der Waals surface area contributed by atoms with Gasteiger partial charge in [-0.05, 0) is 23.6 Å². The van der Waals surface area contributed by atoms with E-state index in [0.717, 1.165) is 11.3 Å². The van der Waals surface area contributed by atoms with Crippen LogP contribution in [0.25, 0.3) is 0 Å². The van der Waals surface area contributed by atoms with Crippen LogP contribution in [0.3, 0.4) is 0 Å². The van der Waals surface area contributed by atoms with Crippen LogP contribution >= 0.6 is 0 Å². The molecule has 0 heterocycles. The first-order valence-electron chi connectivity index (χ1n) is 6.04. The number of anilines is 1. The van der Waals surface area contributed by atoms with E-state index in [-0.39, 0.29) is 11.8 Å². The number of hydrogen-bond donors (Lipinski definition) is 1. The van der Waals surface area contributed by atoms with Gasteiger partial charge in [0.25, 0.3) is 0 Å². The molecule has 0 aliphatic rings. The molecule has 3 heteroatoms. The lowest BCUT2D eigenvalue weighted by molar-refractivity contribution is -0.122. The number of nitrogens with zero attached hydrogens (tertiary/aromatic N) is 1. The molecule has 17 heavy (non-hydrogen) atoms. The molecule has 3 nitrogen and oxygen atoms in total. The molecule has 0 aliphatic heterocycles. The van der Waals surface area contributed by atoms with Crippen molar-refractivity contribution >= 4 is 11.6 Å². The summed E-state index contributed by atoms with van der Waals surface area (Å²) in [6, 6.07) is 7.79. The Bertz CT molecular complexity index is 370. The molecule has 1 amide bonds. The van der Waals surface area contributed by atoms with Gasteiger partial charge in [-0.3, -0.25) is 4.79 Å². The van der Waals surface area contributed by atoms with Gasteiger partial charge in [0.15, 0.2) is 0 Å². The van der Waals surface area contributed by atoms with Crippen LogP contribution in [0, 0.1) is 11.8 Å². The molecule has 2 N–H and O–H groups in total. The van der Waals surface area contributed by atoms with Crippen molar-refractivity contribution in [2.45, 2.75) is 27.3 Å². The Balaban J connectivity index is 2.81. The molecular formula is C14H22N2O. The second-order valence-electron chi connectivity index (χ2n) is 4.80. The lowest BCUT2D eigenvalue weighted by Crippen LogP contribution is -2.33. The highest BCUT2D eigenvalue weighted by Gasteiger charge is 2.21. The summed E-state index contributed by atoms with van der Waals surface area (Å²) < 4.78 is 0. The minimum Gasteiger partial charge on any atom is -0.326 e. The van der Waals surface area contributed by atoms with Crippen LogP contribution in [0.1, 0.15) is 26.3 Å². The quantitative estimate of drug-likeness (QED) is 0.869. The summed E-state index contributed by atoms with van der Waals surface area (Å²) in [5, 5.41) is 0. The molecule has 0 saturated carbocycles. The molecule has 94 valence electrons. The van der Waals surface area contributed by atoms with Crippen molar-refractivity contribution in [3.8, 4) is 0 Å². The third-order valence-electron chi connectivity index (χ3n) is 3.28. The van der Waals surface area contributed by atoms with Crippen molar-refractivity contribution in [2.24, 2.45) is 17.6 Å². The summed E-state index contributed by atoms with van der Waals surface area (Å²) in [5.41, 5.74) is 7.54. The number of benzene rings is 1. The van der Waals surface area contributed by atoms with Gasteiger partial charge >= 0.3 is 0 Å². The fourth-order valence-corrected chi connectivity index (χ4v) is 1.57. The van der Waals surface area contributed by atoms with E-state index in [1.165, 1.54) is 0 Å². The standard InChI is InChI=1S/C14H22N2O/c1-10(2)11(3)14(17)16(4)13-7-5-12(9-15)6-8-13/h5-8,10-11H,9,15H2,1-4H3. The number of amides is 1. The minimum atomic E-state index is 0.0363. The molecule has 1 aromatic carbocycles. The van der Waals surface area contributed by atoms with Gasteiger partial charge in [0, 0.05) is 25.2 Å². The van der Waals surface area contributed by atoms with Crippen LogP contribution in [0.15, 0.2) is 24.3 Å². The number of nitrogens with two attached hydrogens (primary N) is 1. The van der Waals surface area contributed by atoms with E-state index >= 15 is 0 Å². The Labute approximate surface area is 104 Å². The molecule has 0 spiro atoms. The highest BCUT2D eigenvalue weighted by atomic mass is 16.2. The van der Waals surface area contributed by atoms with Crippen molar-refractivity contribution in [3.63, 3.8) is 0 Å². The molecule has 0 aliphatic carbocycles. The fourth-order valence-electron chi connectivity index (χ4n) is 1.57. The predicted molar refractivity (Wildman–Crippen MR) is 71.7 cm³/mol. The maximum absolute atomic E-state index is 12.1. The maximum atomic E-state index is 12.1. The number of carbonyl (C=O) groups is 1. The van der Waals surface area contributed by atoms with Crippen LogP contribution in [0.2, 0.25) is 0 Å². The number of rotatable bonds is 4. The van der Waals surface area contributed by atoms with E-state index in [9.17, 15) is 4.79 Å². The highest BCUT2D eigenvalue weighted by molar-refractivity contribution is 5.94. The average Bonchev–Trinajstić information content (AvgIpc) is 2.36. The lowest BCUT2D eigenvalue weighted by Gasteiger charge is -2.23. The van der Waals surface area contributed by atoms with Crippen molar-refractivity contribution in [1.29, 1.82) is 0 Å². The largest absolute Gasteiger partial charge is 0.326 e. The third-order valence-corrected chi connectivity index (χ3v) is 3.28. The van der Waals surface area contributed by atoms with Crippen molar-refractivity contribution in [1.82, 2.24) is 0 Å². The first kappa shape index (κ1) is 13.7. The van der Waals surface area contributed by atoms with Gasteiger partial charge in [0.1, 0.15) is 0 Å². The lowest BCUT2D eigenvalue weighted by atomic mass is 9.96. The summed E-state index contributed by atoms with van der Waals surface area (Å²) in [4.78, 5) is 13.9. The van der Waals surface area contributed by atoms with Crippen molar-refractivity contribution in [2.75, 3.05) is 11.9 Å². The Hall–Kier alpha value is -1.35. The van der Waals surface area contributed by atoms with Crippen LogP contribution in [-0.2, 0) is 11.3 Å². The molecule has 0 bridgehead atoms. The first-order chi connectivity index (χ1) is 7.97. The van der Waals surface area contributed by atoms with Crippen molar-refractivity contribution in [3.05, 3.63) is 29.8 Å². The topological polar surface area (TPSA) is 46.3 Å². The van der Waals surface area contributed by atoms with Gasteiger partial charge in [-0.2, -0.15) is 0 Å². The van der Waals surface area contributed by atoms with Gasteiger partial charge in [-0.15, -0.1) is 0 Å². The average molecular weight is 234 g/mol.